The molecule has 0 fully saturated rings. The fourth-order valence-corrected chi connectivity index (χ4v) is 2.81. The largest absolute Gasteiger partial charge is 0.264 e. The highest BCUT2D eigenvalue weighted by atomic mass is 127. The molecule has 1 aromatic heterocycles. The second-order valence-corrected chi connectivity index (χ2v) is 6.08. The lowest BCUT2D eigenvalue weighted by Crippen LogP contribution is -2.02. The molecule has 0 bridgehead atoms. The van der Waals surface area contributed by atoms with Crippen LogP contribution in [0, 0.1) is 44.3 Å². The third-order valence-electron chi connectivity index (χ3n) is 2.17. The van der Waals surface area contributed by atoms with E-state index >= 15 is 0 Å². The number of hydrogen-bond donors (Lipinski definition) is 0. The van der Waals surface area contributed by atoms with E-state index in [1.807, 2.05) is 26.2 Å². The van der Waals surface area contributed by atoms with Gasteiger partial charge in [-0.25, -0.2) is 17.6 Å². The van der Waals surface area contributed by atoms with E-state index in [1.54, 1.807) is 0 Å². The zero-order valence-electron chi connectivity index (χ0n) is 10.4. The minimum absolute atomic E-state index is 0.532. The molecule has 108 valence electrons. The van der Waals surface area contributed by atoms with E-state index < -0.39 is 30.4 Å². The van der Waals surface area contributed by atoms with E-state index in [1.165, 1.54) is 56.3 Å². The third-order valence-corrected chi connectivity index (χ3v) is 4.06. The van der Waals surface area contributed by atoms with Crippen molar-refractivity contribution in [2.45, 2.75) is 13.8 Å². The molecule has 1 heterocycles. The predicted molar refractivity (Wildman–Crippen MR) is 85.4 cm³/mol. The van der Waals surface area contributed by atoms with E-state index in [0.717, 1.165) is 0 Å². The number of halogens is 6. The molecule has 0 radical (unpaired) electrons. The van der Waals surface area contributed by atoms with Crippen LogP contribution in [0.1, 0.15) is 11.1 Å². The summed E-state index contributed by atoms with van der Waals surface area (Å²) in [7, 11) is 0. The molecule has 0 atom stereocenters. The lowest BCUT2D eigenvalue weighted by atomic mass is 10.2. The molecular formula is C13H9F4I2N. The van der Waals surface area contributed by atoms with Gasteiger partial charge in [0.15, 0.2) is 23.3 Å². The normalized spacial score (nSPS) is 10.0. The topological polar surface area (TPSA) is 12.9 Å². The lowest BCUT2D eigenvalue weighted by molar-refractivity contribution is 0.423. The summed E-state index contributed by atoms with van der Waals surface area (Å²) in [5.74, 6) is -5.66. The van der Waals surface area contributed by atoms with Crippen molar-refractivity contribution in [1.82, 2.24) is 4.98 Å². The van der Waals surface area contributed by atoms with E-state index in [4.69, 9.17) is 0 Å². The highest BCUT2D eigenvalue weighted by Gasteiger charge is 2.21. The lowest BCUT2D eigenvalue weighted by Gasteiger charge is -2.02. The van der Waals surface area contributed by atoms with Gasteiger partial charge in [-0.1, -0.05) is 6.07 Å². The Hall–Kier alpha value is -0.450. The maximum absolute atomic E-state index is 12.8. The minimum Gasteiger partial charge on any atom is -0.264 e. The number of nitrogens with zero attached hydrogens (tertiary/aromatic N) is 1. The Morgan fingerprint density at radius 3 is 1.45 bits per heavy atom. The van der Waals surface area contributed by atoms with Crippen LogP contribution in [-0.2, 0) is 0 Å². The Kier molecular flexibility index (Phi) is 6.62. The van der Waals surface area contributed by atoms with Crippen LogP contribution in [-0.4, -0.2) is 4.98 Å². The molecule has 0 aliphatic heterocycles. The monoisotopic (exact) mass is 509 g/mol. The second-order valence-electron chi connectivity index (χ2n) is 3.92. The van der Waals surface area contributed by atoms with Crippen LogP contribution >= 0.6 is 45.2 Å². The van der Waals surface area contributed by atoms with Crippen LogP contribution in [0.2, 0.25) is 0 Å². The maximum atomic E-state index is 12.8. The molecule has 1 nitrogen and oxygen atoms in total. The minimum atomic E-state index is -1.63. The quantitative estimate of drug-likeness (QED) is 0.207. The Morgan fingerprint density at radius 2 is 1.15 bits per heavy atom. The first kappa shape index (κ1) is 17.6. The molecule has 20 heavy (non-hydrogen) atoms. The average Bonchev–Trinajstić information content (AvgIpc) is 2.41. The summed E-state index contributed by atoms with van der Waals surface area (Å²) >= 11 is 2.55. The first-order valence-electron chi connectivity index (χ1n) is 5.30. The molecule has 7 heteroatoms. The summed E-state index contributed by atoms with van der Waals surface area (Å²) < 4.78 is 49.3. The van der Waals surface area contributed by atoms with Gasteiger partial charge in [-0.2, -0.15) is 0 Å². The van der Waals surface area contributed by atoms with Gasteiger partial charge in [-0.3, -0.25) is 4.98 Å². The van der Waals surface area contributed by atoms with Gasteiger partial charge in [0.1, 0.15) is 0 Å². The molecule has 0 saturated carbocycles. The van der Waals surface area contributed by atoms with Crippen LogP contribution in [0.25, 0.3) is 0 Å². The number of benzene rings is 1. The smallest absolute Gasteiger partial charge is 0.196 e. The number of rotatable bonds is 0. The van der Waals surface area contributed by atoms with Crippen LogP contribution in [0.3, 0.4) is 0 Å². The van der Waals surface area contributed by atoms with Crippen LogP contribution in [0.15, 0.2) is 18.5 Å². The average molecular weight is 509 g/mol. The number of aromatic nitrogens is 1. The Bertz CT molecular complexity index is 510. The van der Waals surface area contributed by atoms with Crippen LogP contribution in [0.4, 0.5) is 17.6 Å². The van der Waals surface area contributed by atoms with Gasteiger partial charge in [0.05, 0.1) is 7.14 Å². The Labute approximate surface area is 141 Å². The summed E-state index contributed by atoms with van der Waals surface area (Å²) in [6, 6.07) is 2.10. The molecule has 2 rings (SSSR count). The number of pyridine rings is 1. The van der Waals surface area contributed by atoms with E-state index in [9.17, 15) is 17.6 Å². The molecule has 1 aromatic carbocycles. The molecular weight excluding hydrogens is 500 g/mol. The van der Waals surface area contributed by atoms with Gasteiger partial charge in [0.2, 0.25) is 0 Å². The molecule has 0 spiro atoms. The predicted octanol–water partition coefficient (Wildman–Crippen LogP) is 5.15. The fraction of sp³-hybridized carbons (Fsp3) is 0.154. The van der Waals surface area contributed by atoms with Gasteiger partial charge < -0.3 is 0 Å². The molecule has 2 aromatic rings. The molecule has 0 saturated heterocycles. The van der Waals surface area contributed by atoms with Crippen molar-refractivity contribution >= 4 is 45.2 Å². The van der Waals surface area contributed by atoms with Crippen molar-refractivity contribution in [2.24, 2.45) is 0 Å². The maximum Gasteiger partial charge on any atom is 0.196 e. The third kappa shape index (κ3) is 4.27. The number of hydrogen-bond acceptors (Lipinski definition) is 1. The Morgan fingerprint density at radius 1 is 0.750 bits per heavy atom. The summed E-state index contributed by atoms with van der Waals surface area (Å²) in [5.41, 5.74) is 2.45. The number of aryl methyl sites for hydroxylation is 2. The van der Waals surface area contributed by atoms with E-state index in [-0.39, 0.29) is 0 Å². The summed E-state index contributed by atoms with van der Waals surface area (Å²) in [6.45, 7) is 4.08. The Balaban J connectivity index is 0.000000217. The van der Waals surface area contributed by atoms with E-state index in [2.05, 4.69) is 11.1 Å². The van der Waals surface area contributed by atoms with Gasteiger partial charge >= 0.3 is 0 Å². The van der Waals surface area contributed by atoms with Gasteiger partial charge in [0.25, 0.3) is 0 Å². The molecule has 0 aliphatic carbocycles. The highest BCUT2D eigenvalue weighted by Crippen LogP contribution is 2.26. The first-order valence-corrected chi connectivity index (χ1v) is 7.46. The van der Waals surface area contributed by atoms with Gasteiger partial charge in [-0.15, -0.1) is 0 Å². The molecule has 0 aliphatic rings. The molecule has 0 unspecified atom stereocenters. The summed E-state index contributed by atoms with van der Waals surface area (Å²) in [4.78, 5) is 3.98. The van der Waals surface area contributed by atoms with Crippen LogP contribution < -0.4 is 0 Å². The molecule has 0 N–H and O–H groups in total. The van der Waals surface area contributed by atoms with Crippen molar-refractivity contribution in [3.8, 4) is 0 Å². The van der Waals surface area contributed by atoms with Gasteiger partial charge in [0, 0.05) is 12.4 Å². The van der Waals surface area contributed by atoms with E-state index in [0.29, 0.717) is 0 Å². The van der Waals surface area contributed by atoms with Crippen molar-refractivity contribution in [2.75, 3.05) is 0 Å². The fourth-order valence-electron chi connectivity index (χ4n) is 1.28. The van der Waals surface area contributed by atoms with Gasteiger partial charge in [-0.05, 0) is 70.2 Å². The van der Waals surface area contributed by atoms with Crippen molar-refractivity contribution in [3.05, 3.63) is 60.0 Å². The first-order chi connectivity index (χ1) is 9.25. The van der Waals surface area contributed by atoms with Crippen molar-refractivity contribution in [1.29, 1.82) is 0 Å². The van der Waals surface area contributed by atoms with Crippen molar-refractivity contribution < 1.29 is 17.6 Å². The second kappa shape index (κ2) is 7.53. The standard InChI is InChI=1S/C7H9N.C6F4I2/c1-6-3-7(2)5-8-4-6;7-1-2(8)5(11)4(10)6(12)3(1)9/h3-5H,1-2H3;. The summed E-state index contributed by atoms with van der Waals surface area (Å²) in [6.07, 6.45) is 3.71. The molecule has 0 amide bonds. The highest BCUT2D eigenvalue weighted by molar-refractivity contribution is 14.1. The van der Waals surface area contributed by atoms with Crippen LogP contribution in [0.5, 0.6) is 0 Å². The zero-order valence-corrected chi connectivity index (χ0v) is 14.8. The SMILES string of the molecule is Cc1cncc(C)c1.Fc1c(F)c(I)c(F)c(I)c1F. The summed E-state index contributed by atoms with van der Waals surface area (Å²) in [5, 5.41) is 0. The van der Waals surface area contributed by atoms with Crippen molar-refractivity contribution in [3.63, 3.8) is 0 Å². The zero-order chi connectivity index (χ0) is 15.4.